The monoisotopic (exact) mass is 492 g/mol. The molecule has 182 valence electrons. The van der Waals surface area contributed by atoms with Crippen LogP contribution in [0.2, 0.25) is 0 Å². The van der Waals surface area contributed by atoms with E-state index in [0.29, 0.717) is 29.2 Å². The molecule has 0 radical (unpaired) electrons. The molecule has 2 aromatic carbocycles. The lowest BCUT2D eigenvalue weighted by molar-refractivity contribution is -0.119. The van der Waals surface area contributed by atoms with Gasteiger partial charge in [-0.3, -0.25) is 9.59 Å². The highest BCUT2D eigenvalue weighted by Gasteiger charge is 2.35. The third-order valence-corrected chi connectivity index (χ3v) is 6.48. The Morgan fingerprint density at radius 2 is 1.77 bits per heavy atom. The fraction of sp³-hybridized carbons (Fsp3) is 0.259. The number of carbonyl (C=O) groups is 2. The van der Waals surface area contributed by atoms with Crippen LogP contribution in [0.3, 0.4) is 0 Å². The maximum absolute atomic E-state index is 13.5. The average Bonchev–Trinajstić information content (AvgIpc) is 3.35. The molecule has 1 aromatic heterocycles. The summed E-state index contributed by atoms with van der Waals surface area (Å²) in [6.07, 6.45) is 2.25. The van der Waals surface area contributed by atoms with Crippen molar-refractivity contribution in [1.29, 1.82) is 0 Å². The van der Waals surface area contributed by atoms with Crippen molar-refractivity contribution in [2.24, 2.45) is 0 Å². The standard InChI is InChI=1S/C27H28N2O5S/c1-27(2)16-23(21-12-11-19(33-4)14-24(21)34-27)29-26(31)22(15-20-6-5-13-35-20)28-25(30)17-7-9-18(32-3)10-8-17/h5-15,23H,16H2,1-4H3,(H,28,30)(H,29,31)/b22-15-/t23-/m1/s1. The summed E-state index contributed by atoms with van der Waals surface area (Å²) in [5.41, 5.74) is 0.935. The van der Waals surface area contributed by atoms with Gasteiger partial charge >= 0.3 is 0 Å². The minimum Gasteiger partial charge on any atom is -0.497 e. The van der Waals surface area contributed by atoms with Gasteiger partial charge in [-0.2, -0.15) is 0 Å². The van der Waals surface area contributed by atoms with Gasteiger partial charge < -0.3 is 24.8 Å². The van der Waals surface area contributed by atoms with E-state index in [4.69, 9.17) is 14.2 Å². The maximum Gasteiger partial charge on any atom is 0.268 e. The molecule has 0 fully saturated rings. The first-order chi connectivity index (χ1) is 16.8. The van der Waals surface area contributed by atoms with Gasteiger partial charge in [-0.15, -0.1) is 11.3 Å². The number of thiophene rings is 1. The van der Waals surface area contributed by atoms with Crippen LogP contribution in [0, 0.1) is 0 Å². The van der Waals surface area contributed by atoms with Crippen LogP contribution in [0.5, 0.6) is 17.2 Å². The summed E-state index contributed by atoms with van der Waals surface area (Å²) in [5.74, 6) is 1.22. The Balaban J connectivity index is 1.60. The lowest BCUT2D eigenvalue weighted by atomic mass is 9.89. The Labute approximate surface area is 208 Å². The first kappa shape index (κ1) is 24.3. The van der Waals surface area contributed by atoms with Crippen LogP contribution < -0.4 is 24.8 Å². The summed E-state index contributed by atoms with van der Waals surface area (Å²) >= 11 is 1.48. The third-order valence-electron chi connectivity index (χ3n) is 5.66. The zero-order chi connectivity index (χ0) is 25.0. The molecule has 8 heteroatoms. The summed E-state index contributed by atoms with van der Waals surface area (Å²) in [5, 5.41) is 7.80. The maximum atomic E-state index is 13.5. The summed E-state index contributed by atoms with van der Waals surface area (Å²) in [7, 11) is 3.16. The minimum absolute atomic E-state index is 0.160. The van der Waals surface area contributed by atoms with Crippen molar-refractivity contribution in [3.05, 3.63) is 81.7 Å². The van der Waals surface area contributed by atoms with Gasteiger partial charge in [0.25, 0.3) is 11.8 Å². The number of amides is 2. The van der Waals surface area contributed by atoms with Crippen LogP contribution in [0.4, 0.5) is 0 Å². The Morgan fingerprint density at radius 1 is 1.06 bits per heavy atom. The van der Waals surface area contributed by atoms with E-state index in [9.17, 15) is 9.59 Å². The molecule has 0 saturated carbocycles. The molecule has 0 saturated heterocycles. The molecule has 0 unspecified atom stereocenters. The Hall–Kier alpha value is -3.78. The van der Waals surface area contributed by atoms with Gasteiger partial charge in [-0.05, 0) is 67.8 Å². The normalized spacial score (nSPS) is 16.5. The molecule has 7 nitrogen and oxygen atoms in total. The van der Waals surface area contributed by atoms with Gasteiger partial charge in [0.05, 0.1) is 20.3 Å². The number of benzene rings is 2. The molecule has 0 aliphatic carbocycles. The summed E-state index contributed by atoms with van der Waals surface area (Å²) in [6.45, 7) is 3.95. The number of hydrogen-bond donors (Lipinski definition) is 2. The van der Waals surface area contributed by atoms with Crippen molar-refractivity contribution in [2.75, 3.05) is 14.2 Å². The highest BCUT2D eigenvalue weighted by atomic mass is 32.1. The zero-order valence-electron chi connectivity index (χ0n) is 20.1. The number of hydrogen-bond acceptors (Lipinski definition) is 6. The lowest BCUT2D eigenvalue weighted by Gasteiger charge is -2.38. The van der Waals surface area contributed by atoms with Crippen LogP contribution in [-0.4, -0.2) is 31.6 Å². The second-order valence-corrected chi connectivity index (χ2v) is 9.73. The second-order valence-electron chi connectivity index (χ2n) is 8.75. The summed E-state index contributed by atoms with van der Waals surface area (Å²) < 4.78 is 16.6. The highest BCUT2D eigenvalue weighted by Crippen LogP contribution is 2.41. The van der Waals surface area contributed by atoms with Crippen LogP contribution in [0.1, 0.15) is 47.1 Å². The van der Waals surface area contributed by atoms with Gasteiger partial charge in [-0.25, -0.2) is 0 Å². The van der Waals surface area contributed by atoms with E-state index in [1.54, 1.807) is 44.6 Å². The molecule has 3 aromatic rings. The van der Waals surface area contributed by atoms with Crippen molar-refractivity contribution in [2.45, 2.75) is 31.9 Å². The average molecular weight is 493 g/mol. The van der Waals surface area contributed by atoms with Crippen LogP contribution in [0.15, 0.2) is 65.7 Å². The Morgan fingerprint density at radius 3 is 2.43 bits per heavy atom. The Kier molecular flexibility index (Phi) is 7.12. The van der Waals surface area contributed by atoms with E-state index in [1.165, 1.54) is 11.3 Å². The number of ether oxygens (including phenoxy) is 3. The predicted octanol–water partition coefficient (Wildman–Crippen LogP) is 4.95. The van der Waals surface area contributed by atoms with Crippen molar-refractivity contribution in [3.8, 4) is 17.2 Å². The fourth-order valence-electron chi connectivity index (χ4n) is 3.93. The van der Waals surface area contributed by atoms with Gasteiger partial charge in [-0.1, -0.05) is 6.07 Å². The fourth-order valence-corrected chi connectivity index (χ4v) is 4.59. The lowest BCUT2D eigenvalue weighted by Crippen LogP contribution is -2.43. The van der Waals surface area contributed by atoms with Gasteiger partial charge in [0.2, 0.25) is 0 Å². The second kappa shape index (κ2) is 10.2. The number of fused-ring (bicyclic) bond motifs is 1. The number of rotatable bonds is 7. The van der Waals surface area contributed by atoms with Gasteiger partial charge in [0.15, 0.2) is 0 Å². The topological polar surface area (TPSA) is 85.9 Å². The molecule has 0 bridgehead atoms. The largest absolute Gasteiger partial charge is 0.497 e. The number of carbonyl (C=O) groups excluding carboxylic acids is 2. The molecule has 1 aliphatic heterocycles. The molecule has 2 heterocycles. The van der Waals surface area contributed by atoms with Crippen molar-refractivity contribution in [3.63, 3.8) is 0 Å². The highest BCUT2D eigenvalue weighted by molar-refractivity contribution is 7.10. The molecule has 1 aliphatic rings. The quantitative estimate of drug-likeness (QED) is 0.456. The molecular formula is C27H28N2O5S. The van der Waals surface area contributed by atoms with E-state index in [1.807, 2.05) is 49.6 Å². The summed E-state index contributed by atoms with van der Waals surface area (Å²) in [6, 6.07) is 15.7. The first-order valence-corrected chi connectivity index (χ1v) is 12.0. The number of nitrogens with one attached hydrogen (secondary N) is 2. The SMILES string of the molecule is COc1ccc(C(=O)N/C(=C\c2cccs2)C(=O)N[C@@H]2CC(C)(C)Oc3cc(OC)ccc32)cc1. The smallest absolute Gasteiger partial charge is 0.268 e. The van der Waals surface area contributed by atoms with Crippen molar-refractivity contribution >= 4 is 29.2 Å². The predicted molar refractivity (Wildman–Crippen MR) is 136 cm³/mol. The van der Waals surface area contributed by atoms with Gasteiger partial charge in [0.1, 0.15) is 28.5 Å². The molecule has 35 heavy (non-hydrogen) atoms. The minimum atomic E-state index is -0.499. The van der Waals surface area contributed by atoms with E-state index in [-0.39, 0.29) is 23.6 Å². The molecule has 2 amide bonds. The van der Waals surface area contributed by atoms with Crippen molar-refractivity contribution < 1.29 is 23.8 Å². The molecular weight excluding hydrogens is 464 g/mol. The van der Waals surface area contributed by atoms with E-state index in [2.05, 4.69) is 10.6 Å². The van der Waals surface area contributed by atoms with Crippen LogP contribution >= 0.6 is 11.3 Å². The molecule has 2 N–H and O–H groups in total. The van der Waals surface area contributed by atoms with Gasteiger partial charge in [0, 0.05) is 28.5 Å². The zero-order valence-corrected chi connectivity index (χ0v) is 20.9. The first-order valence-electron chi connectivity index (χ1n) is 11.2. The molecule has 1 atom stereocenters. The van der Waals surface area contributed by atoms with E-state index < -0.39 is 5.60 Å². The van der Waals surface area contributed by atoms with Crippen molar-refractivity contribution in [1.82, 2.24) is 10.6 Å². The Bertz CT molecular complexity index is 1230. The van der Waals surface area contributed by atoms with E-state index in [0.717, 1.165) is 10.4 Å². The summed E-state index contributed by atoms with van der Waals surface area (Å²) in [4.78, 5) is 27.3. The van der Waals surface area contributed by atoms with Crippen LogP contribution in [-0.2, 0) is 4.79 Å². The molecule has 4 rings (SSSR count). The number of methoxy groups -OCH3 is 2. The third kappa shape index (κ3) is 5.84. The molecule has 0 spiro atoms. The van der Waals surface area contributed by atoms with E-state index >= 15 is 0 Å². The van der Waals surface area contributed by atoms with Crippen LogP contribution in [0.25, 0.3) is 6.08 Å².